The van der Waals surface area contributed by atoms with Crippen molar-refractivity contribution in [2.45, 2.75) is 255 Å². The normalized spacial score (nSPS) is 46.7. The molecule has 0 aromatic rings. The molecule has 7 fully saturated rings. The number of ketones is 1. The molecule has 26 atom stereocenters. The number of carbonyl (C=O) groups is 4. The molecule has 454 valence electrons. The van der Waals surface area contributed by atoms with Gasteiger partial charge in [-0.05, 0) is 92.9 Å². The summed E-state index contributed by atoms with van der Waals surface area (Å²) < 4.78 is 93.6. The minimum absolute atomic E-state index is 0.0816. The molecular weight excluding hydrogens is 1050 g/mol. The molecule has 3 N–H and O–H groups in total. The van der Waals surface area contributed by atoms with Gasteiger partial charge in [-0.25, -0.2) is 4.79 Å². The zero-order valence-corrected chi connectivity index (χ0v) is 49.1. The monoisotopic (exact) mass is 1140 g/mol. The highest BCUT2D eigenvalue weighted by Crippen LogP contribution is 2.69. The Kier molecular flexibility index (Phi) is 20.2. The molecule has 22 heteroatoms. The molecule has 8 rings (SSSR count). The maximum Gasteiger partial charge on any atom is 0.333 e. The van der Waals surface area contributed by atoms with Crippen molar-refractivity contribution in [1.29, 1.82) is 0 Å². The maximum absolute atomic E-state index is 13.8. The zero-order valence-electron chi connectivity index (χ0n) is 49.1. The lowest BCUT2D eigenvalue weighted by Crippen LogP contribution is -2.73. The number of carbonyl (C=O) groups excluding carboxylic acids is 4. The van der Waals surface area contributed by atoms with E-state index in [-0.39, 0.29) is 31.3 Å². The van der Waals surface area contributed by atoms with Crippen molar-refractivity contribution in [1.82, 2.24) is 0 Å². The Morgan fingerprint density at radius 3 is 1.71 bits per heavy atom. The van der Waals surface area contributed by atoms with E-state index in [1.54, 1.807) is 55.1 Å². The van der Waals surface area contributed by atoms with Crippen molar-refractivity contribution < 1.29 is 106 Å². The maximum atomic E-state index is 13.8. The van der Waals surface area contributed by atoms with Gasteiger partial charge in [0.1, 0.15) is 61.2 Å². The number of rotatable bonds is 18. The first-order valence-electron chi connectivity index (χ1n) is 28.7. The highest BCUT2D eigenvalue weighted by Gasteiger charge is 2.76. The summed E-state index contributed by atoms with van der Waals surface area (Å²) >= 11 is 0. The molecular formula is C58H90O22. The average molecular weight is 1140 g/mol. The Labute approximate surface area is 470 Å². The van der Waals surface area contributed by atoms with Crippen LogP contribution in [0.15, 0.2) is 23.3 Å². The first kappa shape index (κ1) is 63.0. The van der Waals surface area contributed by atoms with Gasteiger partial charge in [-0.1, -0.05) is 24.6 Å². The van der Waals surface area contributed by atoms with Crippen molar-refractivity contribution in [2.24, 2.45) is 28.6 Å². The summed E-state index contributed by atoms with van der Waals surface area (Å²) in [5.74, 6) is -3.86. The Balaban J connectivity index is 0.926. The van der Waals surface area contributed by atoms with E-state index >= 15 is 0 Å². The summed E-state index contributed by atoms with van der Waals surface area (Å²) in [6.07, 6.45) is -7.73. The van der Waals surface area contributed by atoms with Gasteiger partial charge < -0.3 is 86.4 Å². The van der Waals surface area contributed by atoms with E-state index < -0.39 is 169 Å². The number of aliphatic hydroxyl groups is 3. The number of allylic oxidation sites excluding steroid dienone is 2. The van der Waals surface area contributed by atoms with Gasteiger partial charge in [-0.2, -0.15) is 0 Å². The fourth-order valence-electron chi connectivity index (χ4n) is 15.2. The minimum Gasteiger partial charge on any atom is -0.465 e. The van der Waals surface area contributed by atoms with E-state index in [2.05, 4.69) is 6.08 Å². The van der Waals surface area contributed by atoms with E-state index in [4.69, 9.17) is 71.1 Å². The minimum atomic E-state index is -1.53. The van der Waals surface area contributed by atoms with Crippen LogP contribution in [0.2, 0.25) is 0 Å². The van der Waals surface area contributed by atoms with Crippen molar-refractivity contribution in [3.8, 4) is 0 Å². The Morgan fingerprint density at radius 1 is 0.662 bits per heavy atom. The summed E-state index contributed by atoms with van der Waals surface area (Å²) in [4.78, 5) is 53.3. The third-order valence-electron chi connectivity index (χ3n) is 19.4. The van der Waals surface area contributed by atoms with Crippen LogP contribution in [0.5, 0.6) is 0 Å². The van der Waals surface area contributed by atoms with Crippen LogP contribution in [-0.4, -0.2) is 202 Å². The predicted octanol–water partition coefficient (Wildman–Crippen LogP) is 4.31. The summed E-state index contributed by atoms with van der Waals surface area (Å²) in [7, 11) is 6.20. The lowest BCUT2D eigenvalue weighted by Gasteiger charge is -2.65. The van der Waals surface area contributed by atoms with Gasteiger partial charge in [0.25, 0.3) is 0 Å². The van der Waals surface area contributed by atoms with Crippen LogP contribution in [0.4, 0.5) is 0 Å². The molecule has 80 heavy (non-hydrogen) atoms. The number of ether oxygens (including phenoxy) is 15. The second kappa shape index (κ2) is 25.7. The predicted molar refractivity (Wildman–Crippen MR) is 280 cm³/mol. The topological polar surface area (TPSA) is 267 Å². The number of esters is 3. The van der Waals surface area contributed by atoms with Crippen LogP contribution < -0.4 is 0 Å². The molecule has 0 aromatic heterocycles. The summed E-state index contributed by atoms with van der Waals surface area (Å²) in [6, 6.07) is 0. The van der Waals surface area contributed by atoms with Crippen LogP contribution in [0.3, 0.4) is 0 Å². The molecule has 4 aliphatic heterocycles. The first-order valence-corrected chi connectivity index (χ1v) is 28.7. The number of Topliss-reactive ketones (excluding diaryl/α,β-unsaturated/α-hetero) is 1. The fraction of sp³-hybridized carbons (Fsp3) is 0.862. The third kappa shape index (κ3) is 12.0. The molecule has 3 saturated carbocycles. The Bertz CT molecular complexity index is 2240. The molecule has 4 heterocycles. The van der Waals surface area contributed by atoms with Gasteiger partial charge in [0.2, 0.25) is 0 Å². The third-order valence-corrected chi connectivity index (χ3v) is 19.4. The fourth-order valence-corrected chi connectivity index (χ4v) is 15.2. The number of aliphatic hydroxyl groups excluding tert-OH is 2. The summed E-state index contributed by atoms with van der Waals surface area (Å²) in [6.45, 7) is 16.4. The second-order valence-corrected chi connectivity index (χ2v) is 23.9. The van der Waals surface area contributed by atoms with Gasteiger partial charge in [0, 0.05) is 89.8 Å². The Morgan fingerprint density at radius 2 is 1.21 bits per heavy atom. The van der Waals surface area contributed by atoms with Crippen LogP contribution in [0.1, 0.15) is 127 Å². The summed E-state index contributed by atoms with van der Waals surface area (Å²) in [5, 5.41) is 34.7. The molecule has 8 aliphatic rings. The van der Waals surface area contributed by atoms with E-state index in [1.165, 1.54) is 27.9 Å². The zero-order chi connectivity index (χ0) is 58.3. The molecule has 0 bridgehead atoms. The number of methoxy groups -OCH3 is 4. The van der Waals surface area contributed by atoms with E-state index in [0.717, 1.165) is 5.57 Å². The van der Waals surface area contributed by atoms with Crippen LogP contribution in [0.25, 0.3) is 0 Å². The van der Waals surface area contributed by atoms with Crippen molar-refractivity contribution in [3.05, 3.63) is 23.3 Å². The molecule has 0 amide bonds. The summed E-state index contributed by atoms with van der Waals surface area (Å²) in [5.41, 5.74) is -2.60. The highest BCUT2D eigenvalue weighted by atomic mass is 16.8. The average Bonchev–Trinajstić information content (AvgIpc) is 3.54. The quantitative estimate of drug-likeness (QED) is 0.0747. The number of hydrogen-bond acceptors (Lipinski definition) is 22. The van der Waals surface area contributed by atoms with Gasteiger partial charge in [0.15, 0.2) is 25.2 Å². The lowest BCUT2D eigenvalue weighted by molar-refractivity contribution is -0.355. The molecule has 0 aromatic carbocycles. The van der Waals surface area contributed by atoms with Crippen LogP contribution in [-0.2, 0) is 90.2 Å². The van der Waals surface area contributed by atoms with Crippen molar-refractivity contribution in [3.63, 3.8) is 0 Å². The molecule has 4 aliphatic carbocycles. The molecule has 22 nitrogen and oxygen atoms in total. The molecule has 1 unspecified atom stereocenters. The first-order chi connectivity index (χ1) is 37.9. The second-order valence-electron chi connectivity index (χ2n) is 23.9. The highest BCUT2D eigenvalue weighted by molar-refractivity contribution is 5.88. The van der Waals surface area contributed by atoms with E-state index in [0.29, 0.717) is 50.5 Å². The van der Waals surface area contributed by atoms with E-state index in [1.807, 2.05) is 20.8 Å². The molecule has 0 radical (unpaired) electrons. The van der Waals surface area contributed by atoms with Gasteiger partial charge in [-0.15, -0.1) is 0 Å². The van der Waals surface area contributed by atoms with Crippen LogP contribution in [0, 0.1) is 28.6 Å². The van der Waals surface area contributed by atoms with E-state index in [9.17, 15) is 34.5 Å². The van der Waals surface area contributed by atoms with Crippen LogP contribution >= 0.6 is 0 Å². The largest absolute Gasteiger partial charge is 0.465 e. The number of hydrogen-bond donors (Lipinski definition) is 3. The number of fused-ring (bicyclic) bond motifs is 5. The van der Waals surface area contributed by atoms with Gasteiger partial charge in [-0.3, -0.25) is 14.4 Å². The SMILES string of the molecule is C/C=C(\C)C(=O)O[C@@H]1[C@@H](OC(C)=O)[C@H]2C(CC=C3C[C@@H](O[C@H]4C[C@H](OC)[C@H](O[C@H]5C[C@H](OC)[C@H](O[C@H]6C[C@H](OC)[C@H](O[C@@H]7O[C@H](C)[C@@H](O)[C@H](OC)[C@H]7O)[C@@H](C)O6)[C@@H](C)O5)[C@@H](C)O4)CC[C@@]32COC(C)=O)[C@@]2(O)CC[C@H](C(C)=O)[C@@]12C. The van der Waals surface area contributed by atoms with Crippen molar-refractivity contribution in [2.75, 3.05) is 35.0 Å². The molecule has 0 spiro atoms. The molecule has 4 saturated heterocycles. The lowest BCUT2D eigenvalue weighted by atomic mass is 9.43. The van der Waals surface area contributed by atoms with Crippen molar-refractivity contribution >= 4 is 23.7 Å². The van der Waals surface area contributed by atoms with Gasteiger partial charge in [0.05, 0.1) is 54.4 Å². The van der Waals surface area contributed by atoms with Gasteiger partial charge >= 0.3 is 17.9 Å². The smallest absolute Gasteiger partial charge is 0.333 e. The Hall–Kier alpha value is -3.04. The standard InChI is InChI=1S/C58H90O22/c1-15-27(2)54(64)80-53-51(75-34(9)61)45-38(58(65)21-19-37(28(3)59)56(53,58)10)17-16-35-22-36(18-20-57(35,45)26-70-33(8)60)76-42-23-39(66-11)48(30(5)71-42)77-43-24-40(67-12)49(31(6)72-43)78-44-25-41(68-13)50(32(7)73-44)79-55-47(63)52(69-14)46(62)29(4)74-55/h15-16,29-32,36-53,55,62-63,65H,17-26H2,1-14H3/b27-15+/t29-,30-,31-,32-,36+,37-,38?,39+,40+,41+,42+,43+,44+,45-,46-,47-,48-,49-,50-,51+,52+,53-,55+,56+,57-,58+/m1/s1.